The van der Waals surface area contributed by atoms with E-state index in [4.69, 9.17) is 0 Å². The van der Waals surface area contributed by atoms with Crippen LogP contribution in [-0.4, -0.2) is 50.6 Å². The van der Waals surface area contributed by atoms with Crippen molar-refractivity contribution < 1.29 is 4.79 Å². The van der Waals surface area contributed by atoms with Gasteiger partial charge in [0.1, 0.15) is 0 Å². The molecular weight excluding hydrogens is 226 g/mol. The van der Waals surface area contributed by atoms with Crippen LogP contribution in [0, 0.1) is 11.8 Å². The van der Waals surface area contributed by atoms with Gasteiger partial charge in [0.15, 0.2) is 0 Å². The number of rotatable bonds is 4. The number of carbonyl (C=O) groups is 1. The standard InChI is InChI=1S/C14H27N3O/c1-17-9-3-4-12(11-17)6-8-16-14(18)13-5-2-7-15-10-13/h12-13,15H,2-11H2,1H3,(H,16,18). The molecule has 0 radical (unpaired) electrons. The van der Waals surface area contributed by atoms with Crippen molar-refractivity contribution in [2.45, 2.75) is 32.1 Å². The van der Waals surface area contributed by atoms with Crippen molar-refractivity contribution in [2.24, 2.45) is 11.8 Å². The molecule has 2 saturated heterocycles. The van der Waals surface area contributed by atoms with Gasteiger partial charge in [-0.05, 0) is 58.2 Å². The fraction of sp³-hybridized carbons (Fsp3) is 0.929. The third kappa shape index (κ3) is 4.25. The van der Waals surface area contributed by atoms with Crippen molar-refractivity contribution >= 4 is 5.91 Å². The Morgan fingerprint density at radius 3 is 3.00 bits per heavy atom. The lowest BCUT2D eigenvalue weighted by atomic mass is 9.94. The monoisotopic (exact) mass is 253 g/mol. The maximum atomic E-state index is 11.9. The van der Waals surface area contributed by atoms with Gasteiger partial charge >= 0.3 is 0 Å². The van der Waals surface area contributed by atoms with Gasteiger partial charge in [-0.15, -0.1) is 0 Å². The maximum Gasteiger partial charge on any atom is 0.224 e. The van der Waals surface area contributed by atoms with Gasteiger partial charge in [0.25, 0.3) is 0 Å². The predicted octanol–water partition coefficient (Wildman–Crippen LogP) is 0.834. The van der Waals surface area contributed by atoms with Crippen LogP contribution in [-0.2, 0) is 4.79 Å². The molecule has 2 unspecified atom stereocenters. The smallest absolute Gasteiger partial charge is 0.224 e. The first-order chi connectivity index (χ1) is 8.75. The lowest BCUT2D eigenvalue weighted by Gasteiger charge is -2.30. The van der Waals surface area contributed by atoms with E-state index < -0.39 is 0 Å². The Balaban J connectivity index is 1.60. The van der Waals surface area contributed by atoms with Crippen LogP contribution in [0.2, 0.25) is 0 Å². The minimum Gasteiger partial charge on any atom is -0.356 e. The van der Waals surface area contributed by atoms with E-state index in [1.165, 1.54) is 25.9 Å². The highest BCUT2D eigenvalue weighted by Gasteiger charge is 2.21. The average molecular weight is 253 g/mol. The molecule has 0 aromatic heterocycles. The molecular formula is C14H27N3O. The van der Waals surface area contributed by atoms with Gasteiger partial charge in [0, 0.05) is 19.6 Å². The largest absolute Gasteiger partial charge is 0.356 e. The molecule has 2 heterocycles. The maximum absolute atomic E-state index is 11.9. The van der Waals surface area contributed by atoms with Gasteiger partial charge in [-0.2, -0.15) is 0 Å². The van der Waals surface area contributed by atoms with E-state index in [9.17, 15) is 4.79 Å². The summed E-state index contributed by atoms with van der Waals surface area (Å²) in [4.78, 5) is 14.3. The van der Waals surface area contributed by atoms with E-state index in [2.05, 4.69) is 22.6 Å². The van der Waals surface area contributed by atoms with Crippen LogP contribution in [0.3, 0.4) is 0 Å². The first-order valence-corrected chi connectivity index (χ1v) is 7.42. The summed E-state index contributed by atoms with van der Waals surface area (Å²) in [7, 11) is 2.19. The Morgan fingerprint density at radius 2 is 2.28 bits per heavy atom. The second-order valence-corrected chi connectivity index (χ2v) is 5.89. The summed E-state index contributed by atoms with van der Waals surface area (Å²) in [5.41, 5.74) is 0. The highest BCUT2D eigenvalue weighted by Crippen LogP contribution is 2.18. The van der Waals surface area contributed by atoms with E-state index in [0.29, 0.717) is 0 Å². The number of hydrogen-bond donors (Lipinski definition) is 2. The van der Waals surface area contributed by atoms with Crippen molar-refractivity contribution in [3.05, 3.63) is 0 Å². The van der Waals surface area contributed by atoms with Gasteiger partial charge < -0.3 is 15.5 Å². The van der Waals surface area contributed by atoms with E-state index in [-0.39, 0.29) is 11.8 Å². The van der Waals surface area contributed by atoms with Crippen molar-refractivity contribution in [1.82, 2.24) is 15.5 Å². The number of nitrogens with one attached hydrogen (secondary N) is 2. The number of hydrogen-bond acceptors (Lipinski definition) is 3. The molecule has 2 rings (SSSR count). The van der Waals surface area contributed by atoms with Gasteiger partial charge in [0.05, 0.1) is 5.92 Å². The lowest BCUT2D eigenvalue weighted by molar-refractivity contribution is -0.125. The molecule has 0 bridgehead atoms. The molecule has 2 fully saturated rings. The van der Waals surface area contributed by atoms with Crippen LogP contribution >= 0.6 is 0 Å². The summed E-state index contributed by atoms with van der Waals surface area (Å²) in [5, 5.41) is 6.41. The summed E-state index contributed by atoms with van der Waals surface area (Å²) < 4.78 is 0. The first kappa shape index (κ1) is 13.8. The molecule has 2 atom stereocenters. The minimum atomic E-state index is 0.202. The zero-order valence-electron chi connectivity index (χ0n) is 11.6. The third-order valence-corrected chi connectivity index (χ3v) is 4.24. The Bertz CT molecular complexity index is 264. The number of likely N-dealkylation sites (tertiary alicyclic amines) is 1. The van der Waals surface area contributed by atoms with Crippen molar-refractivity contribution in [3.63, 3.8) is 0 Å². The zero-order chi connectivity index (χ0) is 12.8. The van der Waals surface area contributed by atoms with Gasteiger partial charge in [0.2, 0.25) is 5.91 Å². The Hall–Kier alpha value is -0.610. The van der Waals surface area contributed by atoms with Crippen LogP contribution < -0.4 is 10.6 Å². The number of nitrogens with zero attached hydrogens (tertiary/aromatic N) is 1. The molecule has 4 heteroatoms. The molecule has 2 N–H and O–H groups in total. The van der Waals surface area contributed by atoms with E-state index in [0.717, 1.165) is 44.8 Å². The molecule has 0 aromatic carbocycles. The van der Waals surface area contributed by atoms with Gasteiger partial charge in [-0.25, -0.2) is 0 Å². The van der Waals surface area contributed by atoms with E-state index >= 15 is 0 Å². The number of amides is 1. The van der Waals surface area contributed by atoms with Crippen LogP contribution in [0.1, 0.15) is 32.1 Å². The predicted molar refractivity (Wildman–Crippen MR) is 73.4 cm³/mol. The second kappa shape index (κ2) is 7.10. The molecule has 0 spiro atoms. The highest BCUT2D eigenvalue weighted by molar-refractivity contribution is 5.78. The SMILES string of the molecule is CN1CCCC(CCNC(=O)C2CCCNC2)C1. The van der Waals surface area contributed by atoms with Gasteiger partial charge in [-0.1, -0.05) is 0 Å². The van der Waals surface area contributed by atoms with Crippen LogP contribution in [0.4, 0.5) is 0 Å². The van der Waals surface area contributed by atoms with Crippen LogP contribution in [0.15, 0.2) is 0 Å². The summed E-state index contributed by atoms with van der Waals surface area (Å²) >= 11 is 0. The summed E-state index contributed by atoms with van der Waals surface area (Å²) in [5.74, 6) is 1.23. The van der Waals surface area contributed by atoms with Crippen molar-refractivity contribution in [3.8, 4) is 0 Å². The topological polar surface area (TPSA) is 44.4 Å². The molecule has 4 nitrogen and oxygen atoms in total. The molecule has 104 valence electrons. The molecule has 0 aliphatic carbocycles. The Labute approximate surface area is 110 Å². The summed E-state index contributed by atoms with van der Waals surface area (Å²) in [6, 6.07) is 0. The van der Waals surface area contributed by atoms with Crippen LogP contribution in [0.5, 0.6) is 0 Å². The normalized spacial score (nSPS) is 30.1. The highest BCUT2D eigenvalue weighted by atomic mass is 16.1. The summed E-state index contributed by atoms with van der Waals surface area (Å²) in [6.45, 7) is 5.21. The molecule has 0 saturated carbocycles. The van der Waals surface area contributed by atoms with Crippen LogP contribution in [0.25, 0.3) is 0 Å². The third-order valence-electron chi connectivity index (χ3n) is 4.24. The first-order valence-electron chi connectivity index (χ1n) is 7.42. The number of carbonyl (C=O) groups excluding carboxylic acids is 1. The zero-order valence-corrected chi connectivity index (χ0v) is 11.6. The van der Waals surface area contributed by atoms with E-state index in [1.54, 1.807) is 0 Å². The van der Waals surface area contributed by atoms with Crippen molar-refractivity contribution in [1.29, 1.82) is 0 Å². The van der Waals surface area contributed by atoms with E-state index in [1.807, 2.05) is 0 Å². The number of piperidine rings is 2. The molecule has 2 aliphatic heterocycles. The Morgan fingerprint density at radius 1 is 1.39 bits per heavy atom. The lowest BCUT2D eigenvalue weighted by Crippen LogP contribution is -2.41. The Kier molecular flexibility index (Phi) is 5.45. The van der Waals surface area contributed by atoms with Crippen molar-refractivity contribution in [2.75, 3.05) is 39.8 Å². The quantitative estimate of drug-likeness (QED) is 0.780. The molecule has 18 heavy (non-hydrogen) atoms. The minimum absolute atomic E-state index is 0.202. The molecule has 1 amide bonds. The molecule has 0 aromatic rings. The fourth-order valence-corrected chi connectivity index (χ4v) is 3.13. The average Bonchev–Trinajstić information content (AvgIpc) is 2.40. The fourth-order valence-electron chi connectivity index (χ4n) is 3.13. The molecule has 2 aliphatic rings. The summed E-state index contributed by atoms with van der Waals surface area (Å²) in [6.07, 6.45) is 5.94. The van der Waals surface area contributed by atoms with Gasteiger partial charge in [-0.3, -0.25) is 4.79 Å². The second-order valence-electron chi connectivity index (χ2n) is 5.89.